The van der Waals surface area contributed by atoms with Crippen LogP contribution in [-0.2, 0) is 17.7 Å². The van der Waals surface area contributed by atoms with Crippen molar-refractivity contribution in [2.24, 2.45) is 0 Å². The highest BCUT2D eigenvalue weighted by Gasteiger charge is 2.21. The highest BCUT2D eigenvalue weighted by Crippen LogP contribution is 2.28. The monoisotopic (exact) mass is 285 g/mol. The summed E-state index contributed by atoms with van der Waals surface area (Å²) >= 11 is 0. The third-order valence-corrected chi connectivity index (χ3v) is 4.11. The molecule has 2 atom stereocenters. The number of rotatable bonds is 5. The van der Waals surface area contributed by atoms with E-state index in [0.29, 0.717) is 6.04 Å². The standard InChI is InChI=1S/C17H23N3O/c1-3-18-13(2)15-10-19-20(11-15)12-17-16-7-5-4-6-14(16)8-9-21-17/h4-7,10-11,13,17-18H,3,8-9,12H2,1-2H3. The molecule has 0 saturated heterocycles. The SMILES string of the molecule is CCNC(C)c1cnn(CC2OCCc3ccccc32)c1. The Morgan fingerprint density at radius 1 is 1.43 bits per heavy atom. The van der Waals surface area contributed by atoms with Gasteiger partial charge in [-0.05, 0) is 31.0 Å². The number of benzene rings is 1. The third-order valence-electron chi connectivity index (χ3n) is 4.11. The second-order valence-corrected chi connectivity index (χ2v) is 5.58. The molecule has 0 fully saturated rings. The van der Waals surface area contributed by atoms with Gasteiger partial charge in [0.1, 0.15) is 6.10 Å². The molecule has 1 aromatic carbocycles. The van der Waals surface area contributed by atoms with Crippen molar-refractivity contribution in [2.45, 2.75) is 39.0 Å². The average Bonchev–Trinajstić information content (AvgIpc) is 2.97. The molecule has 21 heavy (non-hydrogen) atoms. The lowest BCUT2D eigenvalue weighted by Crippen LogP contribution is -2.21. The highest BCUT2D eigenvalue weighted by molar-refractivity contribution is 5.30. The molecule has 0 aliphatic carbocycles. The van der Waals surface area contributed by atoms with E-state index < -0.39 is 0 Å². The maximum absolute atomic E-state index is 5.95. The van der Waals surface area contributed by atoms with E-state index in [4.69, 9.17) is 4.74 Å². The van der Waals surface area contributed by atoms with Crippen LogP contribution in [0, 0.1) is 0 Å². The molecule has 4 heteroatoms. The third kappa shape index (κ3) is 3.17. The van der Waals surface area contributed by atoms with Crippen molar-refractivity contribution >= 4 is 0 Å². The molecule has 1 aromatic heterocycles. The lowest BCUT2D eigenvalue weighted by atomic mass is 9.98. The van der Waals surface area contributed by atoms with Gasteiger partial charge in [-0.1, -0.05) is 31.2 Å². The maximum Gasteiger partial charge on any atom is 0.102 e. The first kappa shape index (κ1) is 14.3. The van der Waals surface area contributed by atoms with Gasteiger partial charge in [0.15, 0.2) is 0 Å². The summed E-state index contributed by atoms with van der Waals surface area (Å²) in [5, 5.41) is 7.89. The van der Waals surface area contributed by atoms with Gasteiger partial charge in [-0.15, -0.1) is 0 Å². The fourth-order valence-electron chi connectivity index (χ4n) is 2.92. The van der Waals surface area contributed by atoms with E-state index in [1.807, 2.05) is 10.9 Å². The van der Waals surface area contributed by atoms with Gasteiger partial charge in [0.2, 0.25) is 0 Å². The molecule has 0 radical (unpaired) electrons. The van der Waals surface area contributed by atoms with Crippen LogP contribution >= 0.6 is 0 Å². The molecule has 2 heterocycles. The number of hydrogen-bond acceptors (Lipinski definition) is 3. The maximum atomic E-state index is 5.95. The Balaban J connectivity index is 1.73. The molecule has 112 valence electrons. The fourth-order valence-corrected chi connectivity index (χ4v) is 2.92. The van der Waals surface area contributed by atoms with Gasteiger partial charge in [0, 0.05) is 17.8 Å². The van der Waals surface area contributed by atoms with Crippen LogP contribution < -0.4 is 5.32 Å². The fraction of sp³-hybridized carbons (Fsp3) is 0.471. The Morgan fingerprint density at radius 3 is 3.14 bits per heavy atom. The van der Waals surface area contributed by atoms with Crippen molar-refractivity contribution in [2.75, 3.05) is 13.2 Å². The van der Waals surface area contributed by atoms with E-state index in [-0.39, 0.29) is 6.10 Å². The topological polar surface area (TPSA) is 39.1 Å². The zero-order chi connectivity index (χ0) is 14.7. The van der Waals surface area contributed by atoms with E-state index in [1.54, 1.807) is 0 Å². The van der Waals surface area contributed by atoms with Crippen molar-refractivity contribution in [1.29, 1.82) is 0 Å². The van der Waals surface area contributed by atoms with Gasteiger partial charge in [0.05, 0.1) is 19.3 Å². The minimum atomic E-state index is 0.108. The summed E-state index contributed by atoms with van der Waals surface area (Å²) in [4.78, 5) is 0. The van der Waals surface area contributed by atoms with Crippen LogP contribution in [0.2, 0.25) is 0 Å². The Morgan fingerprint density at radius 2 is 2.29 bits per heavy atom. The van der Waals surface area contributed by atoms with Gasteiger partial charge in [0.25, 0.3) is 0 Å². The smallest absolute Gasteiger partial charge is 0.102 e. The van der Waals surface area contributed by atoms with Gasteiger partial charge >= 0.3 is 0 Å². The van der Waals surface area contributed by atoms with Gasteiger partial charge in [-0.25, -0.2) is 0 Å². The van der Waals surface area contributed by atoms with Gasteiger partial charge < -0.3 is 10.1 Å². The summed E-state index contributed by atoms with van der Waals surface area (Å²) in [6.45, 7) is 6.82. The van der Waals surface area contributed by atoms with Crippen LogP contribution in [0.15, 0.2) is 36.7 Å². The molecule has 1 N–H and O–H groups in total. The first-order valence-corrected chi connectivity index (χ1v) is 7.73. The van der Waals surface area contributed by atoms with Crippen LogP contribution in [0.5, 0.6) is 0 Å². The largest absolute Gasteiger partial charge is 0.371 e. The Kier molecular flexibility index (Phi) is 4.36. The summed E-state index contributed by atoms with van der Waals surface area (Å²) < 4.78 is 7.95. The van der Waals surface area contributed by atoms with E-state index in [2.05, 4.69) is 54.7 Å². The zero-order valence-corrected chi connectivity index (χ0v) is 12.7. The summed E-state index contributed by atoms with van der Waals surface area (Å²) in [6, 6.07) is 8.90. The molecule has 2 unspecified atom stereocenters. The molecule has 0 bridgehead atoms. The highest BCUT2D eigenvalue weighted by atomic mass is 16.5. The first-order valence-electron chi connectivity index (χ1n) is 7.73. The van der Waals surface area contributed by atoms with Crippen molar-refractivity contribution < 1.29 is 4.74 Å². The van der Waals surface area contributed by atoms with E-state index in [9.17, 15) is 0 Å². The van der Waals surface area contributed by atoms with Gasteiger partial charge in [-0.3, -0.25) is 4.68 Å². The van der Waals surface area contributed by atoms with Crippen molar-refractivity contribution in [3.8, 4) is 0 Å². The van der Waals surface area contributed by atoms with E-state index in [1.165, 1.54) is 16.7 Å². The number of aromatic nitrogens is 2. The number of nitrogens with one attached hydrogen (secondary N) is 1. The molecule has 2 aromatic rings. The van der Waals surface area contributed by atoms with Crippen molar-refractivity contribution in [1.82, 2.24) is 15.1 Å². The zero-order valence-electron chi connectivity index (χ0n) is 12.7. The second kappa shape index (κ2) is 6.41. The minimum Gasteiger partial charge on any atom is -0.371 e. The molecule has 3 rings (SSSR count). The lowest BCUT2D eigenvalue weighted by molar-refractivity contribution is 0.0283. The molecule has 1 aliphatic heterocycles. The lowest BCUT2D eigenvalue weighted by Gasteiger charge is -2.26. The predicted octanol–water partition coefficient (Wildman–Crippen LogP) is 2.87. The number of nitrogens with zero attached hydrogens (tertiary/aromatic N) is 2. The van der Waals surface area contributed by atoms with Crippen LogP contribution in [0.1, 0.15) is 42.7 Å². The summed E-state index contributed by atoms with van der Waals surface area (Å²) in [5.41, 5.74) is 3.93. The van der Waals surface area contributed by atoms with Gasteiger partial charge in [-0.2, -0.15) is 5.10 Å². The molecule has 0 saturated carbocycles. The second-order valence-electron chi connectivity index (χ2n) is 5.58. The summed E-state index contributed by atoms with van der Waals surface area (Å²) in [7, 11) is 0. The first-order chi connectivity index (χ1) is 10.3. The molecule has 0 spiro atoms. The number of ether oxygens (including phenoxy) is 1. The molecule has 1 aliphatic rings. The number of hydrogen-bond donors (Lipinski definition) is 1. The quantitative estimate of drug-likeness (QED) is 0.918. The molecular weight excluding hydrogens is 262 g/mol. The average molecular weight is 285 g/mol. The van der Waals surface area contributed by atoms with E-state index >= 15 is 0 Å². The Hall–Kier alpha value is -1.65. The molecule has 4 nitrogen and oxygen atoms in total. The van der Waals surface area contributed by atoms with Crippen LogP contribution in [-0.4, -0.2) is 22.9 Å². The molecular formula is C17H23N3O. The summed E-state index contributed by atoms with van der Waals surface area (Å²) in [5.74, 6) is 0. The predicted molar refractivity (Wildman–Crippen MR) is 83.2 cm³/mol. The van der Waals surface area contributed by atoms with Crippen LogP contribution in [0.3, 0.4) is 0 Å². The Labute approximate surface area is 126 Å². The van der Waals surface area contributed by atoms with Crippen LogP contribution in [0.4, 0.5) is 0 Å². The molecule has 0 amide bonds. The van der Waals surface area contributed by atoms with Crippen LogP contribution in [0.25, 0.3) is 0 Å². The van der Waals surface area contributed by atoms with E-state index in [0.717, 1.165) is 26.1 Å². The number of fused-ring (bicyclic) bond motifs is 1. The summed E-state index contributed by atoms with van der Waals surface area (Å²) in [6.07, 6.45) is 5.18. The van der Waals surface area contributed by atoms with Crippen molar-refractivity contribution in [3.05, 3.63) is 53.3 Å². The normalized spacial score (nSPS) is 19.2. The van der Waals surface area contributed by atoms with Crippen molar-refractivity contribution in [3.63, 3.8) is 0 Å². The minimum absolute atomic E-state index is 0.108. The Bertz CT molecular complexity index is 593.